The fraction of sp³-hybridized carbons (Fsp3) is 0.833. The molecule has 2 aliphatic rings. The number of rotatable bonds is 1. The lowest BCUT2D eigenvalue weighted by Gasteiger charge is -2.40. The fourth-order valence-corrected chi connectivity index (χ4v) is 2.71. The Hall–Kier alpha value is -0.340. The second-order valence-electron chi connectivity index (χ2n) is 4.34. The van der Waals surface area contributed by atoms with Crippen molar-refractivity contribution in [2.75, 3.05) is 13.2 Å². The van der Waals surface area contributed by atoms with Gasteiger partial charge in [-0.25, -0.2) is 0 Å². The molecule has 2 fully saturated rings. The van der Waals surface area contributed by atoms with Gasteiger partial charge in [-0.1, -0.05) is 18.1 Å². The van der Waals surface area contributed by atoms with E-state index in [1.807, 2.05) is 0 Å². The van der Waals surface area contributed by atoms with Crippen LogP contribution < -0.4 is 0 Å². The van der Waals surface area contributed by atoms with Gasteiger partial charge in [0, 0.05) is 12.3 Å². The minimum Gasteiger partial charge on any atom is -0.347 e. The third-order valence-corrected chi connectivity index (χ3v) is 3.58. The van der Waals surface area contributed by atoms with E-state index in [0.717, 1.165) is 19.6 Å². The molecule has 2 heteroatoms. The maximum absolute atomic E-state index is 5.85. The molecule has 0 aromatic rings. The third kappa shape index (κ3) is 1.61. The quantitative estimate of drug-likeness (QED) is 0.600. The monoisotopic (exact) mass is 196 g/mol. The Morgan fingerprint density at radius 1 is 1.29 bits per heavy atom. The van der Waals surface area contributed by atoms with Gasteiger partial charge in [0.25, 0.3) is 0 Å². The van der Waals surface area contributed by atoms with Crippen molar-refractivity contribution >= 4 is 0 Å². The summed E-state index contributed by atoms with van der Waals surface area (Å²) in [5, 5.41) is 0. The molecule has 1 unspecified atom stereocenters. The number of hydrogen-bond acceptors (Lipinski definition) is 2. The highest BCUT2D eigenvalue weighted by atomic mass is 16.7. The highest BCUT2D eigenvalue weighted by molar-refractivity contribution is 5.09. The Kier molecular flexibility index (Phi) is 2.93. The first kappa shape index (κ1) is 10.2. The van der Waals surface area contributed by atoms with Crippen molar-refractivity contribution in [2.45, 2.75) is 45.3 Å². The van der Waals surface area contributed by atoms with E-state index >= 15 is 0 Å². The zero-order chi connectivity index (χ0) is 10.0. The fourth-order valence-electron chi connectivity index (χ4n) is 2.71. The van der Waals surface area contributed by atoms with Gasteiger partial charge >= 0.3 is 0 Å². The maximum Gasteiger partial charge on any atom is 0.174 e. The van der Waals surface area contributed by atoms with E-state index in [0.29, 0.717) is 5.92 Å². The van der Waals surface area contributed by atoms with Gasteiger partial charge in [-0.15, -0.1) is 0 Å². The molecule has 14 heavy (non-hydrogen) atoms. The zero-order valence-corrected chi connectivity index (χ0v) is 9.21. The van der Waals surface area contributed by atoms with Crippen LogP contribution in [0.25, 0.3) is 0 Å². The van der Waals surface area contributed by atoms with Crippen molar-refractivity contribution in [3.63, 3.8) is 0 Å². The van der Waals surface area contributed by atoms with Crippen molar-refractivity contribution in [1.82, 2.24) is 0 Å². The Balaban J connectivity index is 2.18. The van der Waals surface area contributed by atoms with Crippen LogP contribution in [0.5, 0.6) is 0 Å². The number of ether oxygens (including phenoxy) is 2. The summed E-state index contributed by atoms with van der Waals surface area (Å²) in [4.78, 5) is 0. The molecular weight excluding hydrogens is 176 g/mol. The van der Waals surface area contributed by atoms with Crippen LogP contribution >= 0.6 is 0 Å². The normalized spacial score (nSPS) is 32.4. The predicted octanol–water partition coefficient (Wildman–Crippen LogP) is 2.89. The summed E-state index contributed by atoms with van der Waals surface area (Å²) in [6, 6.07) is 0. The lowest BCUT2D eigenvalue weighted by Crippen LogP contribution is -2.42. The standard InChI is InChI=1S/C12H20O2/c1-3-10(2)11-6-4-5-7-12(11)13-8-9-14-12/h3,11H,4-9H2,1-2H3/b10-3+. The average Bonchev–Trinajstić information content (AvgIpc) is 2.67. The first-order valence-corrected chi connectivity index (χ1v) is 5.69. The molecule has 0 amide bonds. The van der Waals surface area contributed by atoms with E-state index in [9.17, 15) is 0 Å². The Labute approximate surface area is 86.3 Å². The Morgan fingerprint density at radius 3 is 2.64 bits per heavy atom. The van der Waals surface area contributed by atoms with Gasteiger partial charge in [-0.2, -0.15) is 0 Å². The van der Waals surface area contributed by atoms with Gasteiger partial charge in [0.15, 0.2) is 5.79 Å². The van der Waals surface area contributed by atoms with Gasteiger partial charge in [-0.3, -0.25) is 0 Å². The molecule has 1 atom stereocenters. The topological polar surface area (TPSA) is 18.5 Å². The Morgan fingerprint density at radius 2 is 2.00 bits per heavy atom. The van der Waals surface area contributed by atoms with E-state index in [-0.39, 0.29) is 5.79 Å². The highest BCUT2D eigenvalue weighted by Gasteiger charge is 2.46. The van der Waals surface area contributed by atoms with E-state index in [1.54, 1.807) is 0 Å². The van der Waals surface area contributed by atoms with Crippen LogP contribution in [0.15, 0.2) is 11.6 Å². The van der Waals surface area contributed by atoms with Crippen LogP contribution in [0.4, 0.5) is 0 Å². The average molecular weight is 196 g/mol. The molecule has 1 spiro atoms. The van der Waals surface area contributed by atoms with Crippen LogP contribution in [0.2, 0.25) is 0 Å². The van der Waals surface area contributed by atoms with Crippen molar-refractivity contribution in [1.29, 1.82) is 0 Å². The Bertz CT molecular complexity index is 226. The molecule has 0 radical (unpaired) electrons. The van der Waals surface area contributed by atoms with Crippen molar-refractivity contribution in [2.24, 2.45) is 5.92 Å². The van der Waals surface area contributed by atoms with Gasteiger partial charge in [0.05, 0.1) is 13.2 Å². The molecule has 1 aliphatic carbocycles. The molecular formula is C12H20O2. The molecule has 1 aliphatic heterocycles. The summed E-state index contributed by atoms with van der Waals surface area (Å²) in [5.41, 5.74) is 1.42. The molecule has 0 bridgehead atoms. The zero-order valence-electron chi connectivity index (χ0n) is 9.21. The second kappa shape index (κ2) is 4.03. The lowest BCUT2D eigenvalue weighted by atomic mass is 9.79. The second-order valence-corrected chi connectivity index (χ2v) is 4.34. The molecule has 1 saturated carbocycles. The van der Waals surface area contributed by atoms with Gasteiger partial charge in [0.2, 0.25) is 0 Å². The van der Waals surface area contributed by atoms with E-state index in [4.69, 9.17) is 9.47 Å². The van der Waals surface area contributed by atoms with Gasteiger partial charge < -0.3 is 9.47 Å². The van der Waals surface area contributed by atoms with Crippen LogP contribution in [0, 0.1) is 5.92 Å². The van der Waals surface area contributed by atoms with Crippen molar-refractivity contribution in [3.05, 3.63) is 11.6 Å². The number of hydrogen-bond donors (Lipinski definition) is 0. The van der Waals surface area contributed by atoms with Crippen LogP contribution in [0.1, 0.15) is 39.5 Å². The van der Waals surface area contributed by atoms with Crippen LogP contribution in [0.3, 0.4) is 0 Å². The first-order valence-electron chi connectivity index (χ1n) is 5.69. The van der Waals surface area contributed by atoms with E-state index in [2.05, 4.69) is 19.9 Å². The maximum atomic E-state index is 5.85. The SMILES string of the molecule is C/C=C(\C)C1CCCCC12OCCO2. The summed E-state index contributed by atoms with van der Waals surface area (Å²) >= 11 is 0. The summed E-state index contributed by atoms with van der Waals surface area (Å²) in [6.07, 6.45) is 7.04. The molecule has 2 nitrogen and oxygen atoms in total. The molecule has 2 rings (SSSR count). The van der Waals surface area contributed by atoms with Gasteiger partial charge in [0.1, 0.15) is 0 Å². The summed E-state index contributed by atoms with van der Waals surface area (Å²) in [7, 11) is 0. The molecule has 0 aromatic carbocycles. The smallest absolute Gasteiger partial charge is 0.174 e. The lowest BCUT2D eigenvalue weighted by molar-refractivity contribution is -0.203. The van der Waals surface area contributed by atoms with Crippen molar-refractivity contribution in [3.8, 4) is 0 Å². The minimum absolute atomic E-state index is 0.255. The summed E-state index contributed by atoms with van der Waals surface area (Å²) < 4.78 is 11.7. The molecule has 80 valence electrons. The molecule has 0 aromatic heterocycles. The summed E-state index contributed by atoms with van der Waals surface area (Å²) in [6.45, 7) is 5.84. The van der Waals surface area contributed by atoms with Crippen molar-refractivity contribution < 1.29 is 9.47 Å². The van der Waals surface area contributed by atoms with E-state index in [1.165, 1.54) is 24.8 Å². The van der Waals surface area contributed by atoms with E-state index < -0.39 is 0 Å². The van der Waals surface area contributed by atoms with Gasteiger partial charge in [-0.05, 0) is 26.7 Å². The summed E-state index contributed by atoms with van der Waals surface area (Å²) in [5.74, 6) is 0.234. The minimum atomic E-state index is -0.255. The third-order valence-electron chi connectivity index (χ3n) is 3.58. The highest BCUT2D eigenvalue weighted by Crippen LogP contribution is 2.43. The van der Waals surface area contributed by atoms with Crippen LogP contribution in [-0.4, -0.2) is 19.0 Å². The number of allylic oxidation sites excluding steroid dienone is 1. The largest absolute Gasteiger partial charge is 0.347 e. The van der Waals surface area contributed by atoms with Crippen LogP contribution in [-0.2, 0) is 9.47 Å². The molecule has 0 N–H and O–H groups in total. The predicted molar refractivity (Wildman–Crippen MR) is 56.0 cm³/mol. The molecule has 1 heterocycles. The first-order chi connectivity index (χ1) is 6.78. The molecule has 1 saturated heterocycles.